The molecule has 2 aliphatic rings. The number of carbonyl (C=O) groups is 2. The Hall–Kier alpha value is -3.20. The topological polar surface area (TPSA) is 108 Å². The lowest BCUT2D eigenvalue weighted by atomic mass is 9.85. The molecule has 0 aliphatic heterocycles. The Balaban J connectivity index is 1.24. The number of hydrogen-bond acceptors (Lipinski definition) is 7. The van der Waals surface area contributed by atoms with Gasteiger partial charge < -0.3 is 21.3 Å². The van der Waals surface area contributed by atoms with Gasteiger partial charge in [0.2, 0.25) is 5.91 Å². The lowest BCUT2D eigenvalue weighted by Crippen LogP contribution is -2.41. The van der Waals surface area contributed by atoms with Crippen LogP contribution in [0, 0.1) is 5.92 Å². The maximum Gasteiger partial charge on any atom is 0.255 e. The summed E-state index contributed by atoms with van der Waals surface area (Å²) in [5.41, 5.74) is 4.99. The van der Waals surface area contributed by atoms with Crippen LogP contribution in [0.25, 0.3) is 10.2 Å². The van der Waals surface area contributed by atoms with E-state index in [1.165, 1.54) is 0 Å². The van der Waals surface area contributed by atoms with Crippen LogP contribution in [0.4, 0.5) is 17.2 Å². The summed E-state index contributed by atoms with van der Waals surface area (Å²) in [4.78, 5) is 34.3. The molecule has 0 spiro atoms. The second-order valence-electron chi connectivity index (χ2n) is 9.88. The summed E-state index contributed by atoms with van der Waals surface area (Å²) < 4.78 is 1.10. The second kappa shape index (κ2) is 10.2. The number of pyridine rings is 1. The van der Waals surface area contributed by atoms with Crippen LogP contribution in [0.1, 0.15) is 62.7 Å². The van der Waals surface area contributed by atoms with Crippen LogP contribution in [0.15, 0.2) is 36.0 Å². The second-order valence-corrected chi connectivity index (χ2v) is 10.8. The van der Waals surface area contributed by atoms with Crippen LogP contribution < -0.4 is 21.3 Å². The molecule has 8 nitrogen and oxygen atoms in total. The summed E-state index contributed by atoms with van der Waals surface area (Å²) in [7, 11) is 0. The molecule has 1 aromatic carbocycles. The number of hydrogen-bond donors (Lipinski definition) is 4. The molecule has 0 atom stereocenters. The number of fused-ring (bicyclic) bond motifs is 1. The summed E-state index contributed by atoms with van der Waals surface area (Å²) >= 11 is 1.59. The molecule has 2 heterocycles. The summed E-state index contributed by atoms with van der Waals surface area (Å²) in [6.45, 7) is 4.09. The van der Waals surface area contributed by atoms with Gasteiger partial charge in [0.1, 0.15) is 5.82 Å². The molecule has 4 N–H and O–H groups in total. The Kier molecular flexibility index (Phi) is 6.86. The van der Waals surface area contributed by atoms with E-state index >= 15 is 0 Å². The number of nitrogens with zero attached hydrogens (tertiary/aromatic N) is 2. The maximum atomic E-state index is 13.2. The Morgan fingerprint density at radius 2 is 1.71 bits per heavy atom. The summed E-state index contributed by atoms with van der Waals surface area (Å²) in [5, 5.41) is 13.0. The normalized spacial score (nSPS) is 20.0. The van der Waals surface area contributed by atoms with Crippen LogP contribution in [0.3, 0.4) is 0 Å². The van der Waals surface area contributed by atoms with Crippen molar-refractivity contribution in [3.63, 3.8) is 0 Å². The van der Waals surface area contributed by atoms with Crippen molar-refractivity contribution >= 4 is 50.6 Å². The number of rotatable bonds is 8. The molecule has 0 radical (unpaired) electrons. The third-order valence-corrected chi connectivity index (χ3v) is 7.35. The zero-order valence-electron chi connectivity index (χ0n) is 20.1. The van der Waals surface area contributed by atoms with Crippen molar-refractivity contribution in [3.05, 3.63) is 41.5 Å². The van der Waals surface area contributed by atoms with E-state index in [9.17, 15) is 9.59 Å². The highest BCUT2D eigenvalue weighted by atomic mass is 32.1. The number of benzene rings is 1. The molecule has 2 aromatic heterocycles. The average molecular weight is 493 g/mol. The Labute approximate surface area is 209 Å². The van der Waals surface area contributed by atoms with Crippen molar-refractivity contribution in [2.24, 2.45) is 5.92 Å². The first-order valence-corrected chi connectivity index (χ1v) is 13.3. The predicted molar refractivity (Wildman–Crippen MR) is 140 cm³/mol. The average Bonchev–Trinajstić information content (AvgIpc) is 3.52. The van der Waals surface area contributed by atoms with E-state index in [4.69, 9.17) is 0 Å². The highest BCUT2D eigenvalue weighted by Crippen LogP contribution is 2.29. The summed E-state index contributed by atoms with van der Waals surface area (Å²) in [6, 6.07) is 8.51. The van der Waals surface area contributed by atoms with E-state index in [1.807, 2.05) is 43.6 Å². The summed E-state index contributed by atoms with van der Waals surface area (Å²) in [5.74, 6) is 0.778. The van der Waals surface area contributed by atoms with Crippen LogP contribution >= 0.6 is 11.3 Å². The first-order valence-electron chi connectivity index (χ1n) is 12.4. The van der Waals surface area contributed by atoms with Gasteiger partial charge in [0.25, 0.3) is 5.91 Å². The van der Waals surface area contributed by atoms with Gasteiger partial charge in [-0.15, -0.1) is 11.3 Å². The highest BCUT2D eigenvalue weighted by Gasteiger charge is 2.31. The zero-order chi connectivity index (χ0) is 24.4. The molecule has 2 aliphatic carbocycles. The number of thiazole rings is 1. The van der Waals surface area contributed by atoms with Crippen LogP contribution in [-0.4, -0.2) is 39.9 Å². The fourth-order valence-electron chi connectivity index (χ4n) is 4.53. The van der Waals surface area contributed by atoms with E-state index < -0.39 is 0 Å². The molecule has 9 heteroatoms. The van der Waals surface area contributed by atoms with Crippen LogP contribution in [-0.2, 0) is 4.79 Å². The van der Waals surface area contributed by atoms with Gasteiger partial charge in [-0.05, 0) is 70.6 Å². The maximum absolute atomic E-state index is 13.2. The molecule has 5 rings (SSSR count). The molecule has 2 fully saturated rings. The van der Waals surface area contributed by atoms with E-state index in [0.717, 1.165) is 60.1 Å². The molecular formula is C26H32N6O2S. The van der Waals surface area contributed by atoms with Gasteiger partial charge in [-0.2, -0.15) is 0 Å². The first-order chi connectivity index (χ1) is 16.9. The molecule has 2 saturated carbocycles. The molecule has 2 amide bonds. The zero-order valence-corrected chi connectivity index (χ0v) is 21.0. The Morgan fingerprint density at radius 1 is 0.971 bits per heavy atom. The van der Waals surface area contributed by atoms with E-state index in [-0.39, 0.29) is 29.8 Å². The monoisotopic (exact) mass is 492 g/mol. The third kappa shape index (κ3) is 5.90. The number of amides is 2. The van der Waals surface area contributed by atoms with Crippen molar-refractivity contribution < 1.29 is 9.59 Å². The van der Waals surface area contributed by atoms with E-state index in [0.29, 0.717) is 17.4 Å². The van der Waals surface area contributed by atoms with Crippen molar-refractivity contribution in [3.8, 4) is 0 Å². The number of carbonyl (C=O) groups excluding carboxylic acids is 2. The number of anilines is 3. The fourth-order valence-corrected chi connectivity index (χ4v) is 5.24. The van der Waals surface area contributed by atoms with Crippen molar-refractivity contribution in [1.29, 1.82) is 0 Å². The Morgan fingerprint density at radius 3 is 2.46 bits per heavy atom. The molecule has 35 heavy (non-hydrogen) atoms. The Bertz CT molecular complexity index is 1210. The largest absolute Gasteiger partial charge is 0.382 e. The SMILES string of the molecule is CC(C)Nc1cc(Nc2ccc3ncsc3c2)ncc1C(=O)N[C@H]1CC[C@H](C(=O)NC2CC2)CC1. The lowest BCUT2D eigenvalue weighted by molar-refractivity contribution is -0.126. The van der Waals surface area contributed by atoms with Gasteiger partial charge in [-0.25, -0.2) is 9.97 Å². The molecule has 184 valence electrons. The van der Waals surface area contributed by atoms with Crippen molar-refractivity contribution in [1.82, 2.24) is 20.6 Å². The minimum atomic E-state index is -0.135. The predicted octanol–water partition coefficient (Wildman–Crippen LogP) is 4.82. The molecule has 0 saturated heterocycles. The molecule has 0 bridgehead atoms. The van der Waals surface area contributed by atoms with Gasteiger partial charge in [0, 0.05) is 42.0 Å². The molecule has 3 aromatic rings. The van der Waals surface area contributed by atoms with Gasteiger partial charge in [0.05, 0.1) is 27.0 Å². The summed E-state index contributed by atoms with van der Waals surface area (Å²) in [6.07, 6.45) is 7.09. The van der Waals surface area contributed by atoms with Gasteiger partial charge >= 0.3 is 0 Å². The van der Waals surface area contributed by atoms with Gasteiger partial charge in [-0.3, -0.25) is 9.59 Å². The molecule has 0 unspecified atom stereocenters. The number of nitrogens with one attached hydrogen (secondary N) is 4. The van der Waals surface area contributed by atoms with Crippen LogP contribution in [0.2, 0.25) is 0 Å². The van der Waals surface area contributed by atoms with E-state index in [2.05, 4.69) is 31.2 Å². The van der Waals surface area contributed by atoms with E-state index in [1.54, 1.807) is 17.5 Å². The van der Waals surface area contributed by atoms with Crippen molar-refractivity contribution in [2.75, 3.05) is 10.6 Å². The smallest absolute Gasteiger partial charge is 0.255 e. The third-order valence-electron chi connectivity index (χ3n) is 6.55. The quantitative estimate of drug-likeness (QED) is 0.359. The van der Waals surface area contributed by atoms with Gasteiger partial charge in [-0.1, -0.05) is 0 Å². The lowest BCUT2D eigenvalue weighted by Gasteiger charge is -2.28. The van der Waals surface area contributed by atoms with Crippen molar-refractivity contribution in [2.45, 2.75) is 70.5 Å². The first kappa shape index (κ1) is 23.5. The minimum Gasteiger partial charge on any atom is -0.382 e. The van der Waals surface area contributed by atoms with Crippen LogP contribution in [0.5, 0.6) is 0 Å². The molecular weight excluding hydrogens is 460 g/mol. The van der Waals surface area contributed by atoms with Gasteiger partial charge in [0.15, 0.2) is 0 Å². The fraction of sp³-hybridized carbons (Fsp3) is 0.462. The highest BCUT2D eigenvalue weighted by molar-refractivity contribution is 7.16. The minimum absolute atomic E-state index is 0.0677. The number of aromatic nitrogens is 2. The standard InChI is InChI=1S/C26H32N6O2S/c1-15(2)29-22-12-24(30-19-9-10-21-23(11-19)35-14-28-21)27-13-20(22)26(34)32-17-5-3-16(4-6-17)25(33)31-18-7-8-18/h9-18H,3-8H2,1-2H3,(H,31,33)(H,32,34)(H2,27,29,30)/t16-,17-.